The van der Waals surface area contributed by atoms with Crippen LogP contribution in [0.5, 0.6) is 0 Å². The molecule has 9 nitrogen and oxygen atoms in total. The molecule has 1 aromatic carbocycles. The molecule has 4 rings (SSSR count). The number of pyridine rings is 1. The molecular weight excluding hydrogens is 489 g/mol. The van der Waals surface area contributed by atoms with E-state index in [0.29, 0.717) is 35.0 Å². The van der Waals surface area contributed by atoms with E-state index in [2.05, 4.69) is 15.0 Å². The first kappa shape index (κ1) is 25.8. The highest BCUT2D eigenvalue weighted by molar-refractivity contribution is 7.69. The first-order valence-electron chi connectivity index (χ1n) is 11.7. The van der Waals surface area contributed by atoms with Gasteiger partial charge in [-0.1, -0.05) is 0 Å². The molecule has 36 heavy (non-hydrogen) atoms. The van der Waals surface area contributed by atoms with Crippen LogP contribution in [0.4, 0.5) is 4.39 Å². The van der Waals surface area contributed by atoms with Crippen LogP contribution in [0.3, 0.4) is 0 Å². The minimum atomic E-state index is -2.88. The van der Waals surface area contributed by atoms with Crippen molar-refractivity contribution < 1.29 is 31.6 Å². The molecule has 2 aromatic heterocycles. The van der Waals surface area contributed by atoms with E-state index in [1.54, 1.807) is 0 Å². The summed E-state index contributed by atoms with van der Waals surface area (Å²) in [6.45, 7) is 0.294. The van der Waals surface area contributed by atoms with Crippen LogP contribution in [0.1, 0.15) is 59.6 Å². The van der Waals surface area contributed by atoms with Gasteiger partial charge in [-0.15, -0.1) is 0 Å². The number of fused-ring (bicyclic) bond motifs is 1. The van der Waals surface area contributed by atoms with Crippen molar-refractivity contribution >= 4 is 33.9 Å². The average molecular weight is 518 g/mol. The van der Waals surface area contributed by atoms with Crippen LogP contribution in [0.15, 0.2) is 34.7 Å². The van der Waals surface area contributed by atoms with E-state index in [-0.39, 0.29) is 48.8 Å². The molecule has 0 saturated heterocycles. The minimum absolute atomic E-state index is 0.0561. The van der Waals surface area contributed by atoms with Crippen LogP contribution >= 0.6 is 0 Å². The highest BCUT2D eigenvalue weighted by atomic mass is 32.2. The number of hydrogen-bond acceptors (Lipinski definition) is 7. The van der Waals surface area contributed by atoms with E-state index in [1.807, 2.05) is 6.07 Å². The van der Waals surface area contributed by atoms with E-state index in [9.17, 15) is 22.4 Å². The van der Waals surface area contributed by atoms with Crippen LogP contribution in [-0.4, -0.2) is 50.3 Å². The van der Waals surface area contributed by atoms with Crippen molar-refractivity contribution in [2.45, 2.75) is 44.6 Å². The number of hydrogen-bond donors (Lipinski definition) is 2. The Bertz CT molecular complexity index is 1340. The Hall–Kier alpha value is -3.31. The summed E-state index contributed by atoms with van der Waals surface area (Å²) in [4.78, 5) is 28.8. The third kappa shape index (κ3) is 5.73. The number of carbonyl (C=O) groups excluding carboxylic acids is 2. The van der Waals surface area contributed by atoms with Crippen molar-refractivity contribution in [2.24, 2.45) is 0 Å². The summed E-state index contributed by atoms with van der Waals surface area (Å²) in [7, 11) is -0.0524. The topological polar surface area (TPSA) is 119 Å². The molecule has 1 aliphatic carbocycles. The molecule has 1 N–H and O–H groups in total. The molecule has 0 spiro atoms. The summed E-state index contributed by atoms with van der Waals surface area (Å²) < 4.78 is 49.4. The van der Waals surface area contributed by atoms with Crippen molar-refractivity contribution in [2.75, 3.05) is 20.7 Å². The number of benzene rings is 1. The van der Waals surface area contributed by atoms with E-state index in [1.165, 1.54) is 42.7 Å². The number of amides is 1. The predicted molar refractivity (Wildman–Crippen MR) is 131 cm³/mol. The number of esters is 1. The SMILES string of the molecule is CNC(=O)c1c(-c2ccc(F)cc2)oc2nc(CN(CCCCC(=O)OC)[SH](=O)=O)c(C3CC3)cc12. The number of nitrogens with one attached hydrogen (secondary N) is 1. The lowest BCUT2D eigenvalue weighted by atomic mass is 10.0. The molecule has 0 unspecified atom stereocenters. The van der Waals surface area contributed by atoms with Crippen molar-refractivity contribution in [3.8, 4) is 11.3 Å². The maximum Gasteiger partial charge on any atom is 0.305 e. The molecule has 3 aromatic rings. The number of carbonyl (C=O) groups is 2. The number of furan rings is 1. The van der Waals surface area contributed by atoms with Gasteiger partial charge >= 0.3 is 5.97 Å². The molecule has 1 fully saturated rings. The Morgan fingerprint density at radius 1 is 1.22 bits per heavy atom. The van der Waals surface area contributed by atoms with Gasteiger partial charge in [0.05, 0.1) is 30.3 Å². The standard InChI is InChI=1S/C25H28FN3O6S/c1-27-24(31)22-19-13-18(15-6-7-15)20(14-29(36(32)33)12-4-3-5-21(30)34-2)28-25(19)35-23(22)16-8-10-17(26)11-9-16/h8-11,13,15,36H,3-7,12,14H2,1-2H3,(H,27,31). The first-order chi connectivity index (χ1) is 17.3. The van der Waals surface area contributed by atoms with Crippen LogP contribution in [0.2, 0.25) is 0 Å². The van der Waals surface area contributed by atoms with E-state index < -0.39 is 16.7 Å². The number of aromatic nitrogens is 1. The number of nitrogens with zero attached hydrogens (tertiary/aromatic N) is 2. The normalized spacial score (nSPS) is 13.5. The molecule has 1 saturated carbocycles. The maximum absolute atomic E-state index is 13.5. The molecule has 1 aliphatic rings. The van der Waals surface area contributed by atoms with Crippen LogP contribution in [0.25, 0.3) is 22.4 Å². The van der Waals surface area contributed by atoms with Crippen LogP contribution in [0, 0.1) is 5.82 Å². The zero-order chi connectivity index (χ0) is 25.8. The summed E-state index contributed by atoms with van der Waals surface area (Å²) in [5, 5.41) is 3.15. The molecule has 11 heteroatoms. The Morgan fingerprint density at radius 3 is 2.56 bits per heavy atom. The highest BCUT2D eigenvalue weighted by Gasteiger charge is 2.31. The molecule has 0 radical (unpaired) electrons. The van der Waals surface area contributed by atoms with Gasteiger partial charge in [0.25, 0.3) is 5.91 Å². The number of thiol groups is 1. The third-order valence-corrected chi connectivity index (χ3v) is 7.01. The van der Waals surface area contributed by atoms with Gasteiger partial charge in [-0.2, -0.15) is 4.31 Å². The van der Waals surface area contributed by atoms with Crippen molar-refractivity contribution in [3.05, 3.63) is 53.0 Å². The zero-order valence-corrected chi connectivity index (χ0v) is 21.0. The van der Waals surface area contributed by atoms with E-state index in [4.69, 9.17) is 4.42 Å². The Balaban J connectivity index is 1.70. The fourth-order valence-electron chi connectivity index (χ4n) is 4.16. The lowest BCUT2D eigenvalue weighted by Gasteiger charge is -2.17. The molecule has 0 bridgehead atoms. The van der Waals surface area contributed by atoms with Crippen molar-refractivity contribution in [3.63, 3.8) is 0 Å². The number of unbranched alkanes of at least 4 members (excludes halogenated alkanes) is 1. The molecule has 0 aliphatic heterocycles. The summed E-state index contributed by atoms with van der Waals surface area (Å²) in [5.41, 5.74) is 2.49. The van der Waals surface area contributed by atoms with Gasteiger partial charge in [-0.05, 0) is 67.5 Å². The minimum Gasteiger partial charge on any atom is -0.469 e. The van der Waals surface area contributed by atoms with Gasteiger partial charge in [0.2, 0.25) is 16.6 Å². The Morgan fingerprint density at radius 2 is 1.94 bits per heavy atom. The summed E-state index contributed by atoms with van der Waals surface area (Å²) >= 11 is 0. The molecule has 2 heterocycles. The largest absolute Gasteiger partial charge is 0.469 e. The second kappa shape index (κ2) is 11.2. The molecular formula is C25H28FN3O6S. The second-order valence-electron chi connectivity index (χ2n) is 8.70. The van der Waals surface area contributed by atoms with Crippen molar-refractivity contribution in [1.29, 1.82) is 0 Å². The average Bonchev–Trinajstić information content (AvgIpc) is 3.65. The molecule has 192 valence electrons. The highest BCUT2D eigenvalue weighted by Crippen LogP contribution is 2.44. The fourth-order valence-corrected chi connectivity index (χ4v) is 4.72. The maximum atomic E-state index is 13.5. The van der Waals surface area contributed by atoms with E-state index in [0.717, 1.165) is 18.4 Å². The quantitative estimate of drug-likeness (QED) is 0.227. The van der Waals surface area contributed by atoms with Crippen molar-refractivity contribution in [1.82, 2.24) is 14.6 Å². The number of rotatable bonds is 11. The van der Waals surface area contributed by atoms with Gasteiger partial charge in [0.1, 0.15) is 11.6 Å². The monoisotopic (exact) mass is 517 g/mol. The lowest BCUT2D eigenvalue weighted by molar-refractivity contribution is -0.140. The van der Waals surface area contributed by atoms with Gasteiger partial charge in [0.15, 0.2) is 0 Å². The number of halogens is 1. The fraction of sp³-hybridized carbons (Fsp3) is 0.400. The molecule has 0 atom stereocenters. The number of ether oxygens (including phenoxy) is 1. The molecule has 1 amide bonds. The second-order valence-corrected chi connectivity index (χ2v) is 9.74. The summed E-state index contributed by atoms with van der Waals surface area (Å²) in [5.74, 6) is -0.613. The number of methoxy groups -OCH3 is 1. The first-order valence-corrected chi connectivity index (χ1v) is 12.9. The van der Waals surface area contributed by atoms with Crippen LogP contribution < -0.4 is 5.32 Å². The van der Waals surface area contributed by atoms with Gasteiger partial charge in [-0.3, -0.25) is 9.59 Å². The van der Waals surface area contributed by atoms with Gasteiger partial charge in [0, 0.05) is 25.6 Å². The predicted octanol–water partition coefficient (Wildman–Crippen LogP) is 3.54. The van der Waals surface area contributed by atoms with E-state index >= 15 is 0 Å². The third-order valence-electron chi connectivity index (χ3n) is 6.21. The smallest absolute Gasteiger partial charge is 0.305 e. The zero-order valence-electron chi connectivity index (χ0n) is 20.1. The van der Waals surface area contributed by atoms with Crippen LogP contribution in [-0.2, 0) is 27.0 Å². The van der Waals surface area contributed by atoms with Gasteiger partial charge in [-0.25, -0.2) is 17.8 Å². The Kier molecular flexibility index (Phi) is 8.00. The lowest BCUT2D eigenvalue weighted by Crippen LogP contribution is -2.24. The van der Waals surface area contributed by atoms with Gasteiger partial charge < -0.3 is 14.5 Å². The summed E-state index contributed by atoms with van der Waals surface area (Å²) in [6, 6.07) is 7.49. The summed E-state index contributed by atoms with van der Waals surface area (Å²) in [6.07, 6.45) is 3.11. The Labute approximate surface area is 209 Å².